The van der Waals surface area contributed by atoms with E-state index >= 15 is 0 Å². The molecular weight excluding hydrogens is 400 g/mol. The minimum Gasteiger partial charge on any atom is -0.354 e. The van der Waals surface area contributed by atoms with Gasteiger partial charge in [0.2, 0.25) is 5.91 Å². The van der Waals surface area contributed by atoms with Gasteiger partial charge < -0.3 is 10.2 Å². The number of aryl methyl sites for hydroxylation is 2. The minimum absolute atomic E-state index is 0.0300. The predicted octanol–water partition coefficient (Wildman–Crippen LogP) is 4.21. The van der Waals surface area contributed by atoms with Crippen LogP contribution in [0.5, 0.6) is 0 Å². The van der Waals surface area contributed by atoms with Crippen LogP contribution in [-0.4, -0.2) is 28.8 Å². The first-order valence-electron chi connectivity index (χ1n) is 11.4. The molecule has 4 rings (SSSR count). The molecule has 32 heavy (non-hydrogen) atoms. The Morgan fingerprint density at radius 2 is 1.62 bits per heavy atom. The zero-order valence-electron chi connectivity index (χ0n) is 18.8. The fourth-order valence-electron chi connectivity index (χ4n) is 4.10. The second-order valence-electron chi connectivity index (χ2n) is 8.29. The first-order chi connectivity index (χ1) is 15.6. The lowest BCUT2D eigenvalue weighted by molar-refractivity contribution is -0.120. The van der Waals surface area contributed by atoms with Gasteiger partial charge in [-0.3, -0.25) is 9.59 Å². The SMILES string of the molecule is CCc1ccc(NC(=O)[C@H]2CCCN(c3ccc(=O)n(-c4ccc(CC)cc4)n3)C2)cc1. The van der Waals surface area contributed by atoms with E-state index in [4.69, 9.17) is 0 Å². The Labute approximate surface area is 188 Å². The van der Waals surface area contributed by atoms with E-state index in [9.17, 15) is 9.59 Å². The lowest BCUT2D eigenvalue weighted by Crippen LogP contribution is -2.41. The van der Waals surface area contributed by atoms with E-state index in [0.717, 1.165) is 43.6 Å². The van der Waals surface area contributed by atoms with Gasteiger partial charge in [0.25, 0.3) is 5.56 Å². The quantitative estimate of drug-likeness (QED) is 0.636. The lowest BCUT2D eigenvalue weighted by atomic mass is 9.97. The average molecular weight is 431 g/mol. The number of hydrogen-bond acceptors (Lipinski definition) is 4. The second kappa shape index (κ2) is 9.81. The Morgan fingerprint density at radius 3 is 2.28 bits per heavy atom. The molecule has 6 heteroatoms. The molecule has 1 aliphatic heterocycles. The van der Waals surface area contributed by atoms with E-state index in [1.54, 1.807) is 12.1 Å². The van der Waals surface area contributed by atoms with Crippen LogP contribution in [-0.2, 0) is 17.6 Å². The number of nitrogens with zero attached hydrogens (tertiary/aromatic N) is 3. The number of amides is 1. The lowest BCUT2D eigenvalue weighted by Gasteiger charge is -2.33. The van der Waals surface area contributed by atoms with Gasteiger partial charge in [-0.1, -0.05) is 38.1 Å². The first-order valence-corrected chi connectivity index (χ1v) is 11.4. The monoisotopic (exact) mass is 430 g/mol. The molecule has 0 spiro atoms. The van der Waals surface area contributed by atoms with Crippen molar-refractivity contribution in [2.75, 3.05) is 23.3 Å². The second-order valence-corrected chi connectivity index (χ2v) is 8.29. The highest BCUT2D eigenvalue weighted by molar-refractivity contribution is 5.93. The average Bonchev–Trinajstić information content (AvgIpc) is 2.85. The van der Waals surface area contributed by atoms with Crippen molar-refractivity contribution in [3.63, 3.8) is 0 Å². The molecule has 1 amide bonds. The standard InChI is InChI=1S/C26H30N4O2/c1-3-19-7-11-22(12-8-19)27-26(32)21-6-5-17-29(18-21)24-15-16-25(31)30(28-24)23-13-9-20(4-2)10-14-23/h7-16,21H,3-6,17-18H2,1-2H3,(H,27,32)/t21-/m0/s1. The van der Waals surface area contributed by atoms with Crippen molar-refractivity contribution < 1.29 is 4.79 Å². The summed E-state index contributed by atoms with van der Waals surface area (Å²) < 4.78 is 1.44. The number of carbonyl (C=O) groups is 1. The van der Waals surface area contributed by atoms with Crippen LogP contribution in [0.1, 0.15) is 37.8 Å². The van der Waals surface area contributed by atoms with E-state index < -0.39 is 0 Å². The topological polar surface area (TPSA) is 67.2 Å². The van der Waals surface area contributed by atoms with Crippen molar-refractivity contribution in [2.45, 2.75) is 39.5 Å². The normalized spacial score (nSPS) is 16.1. The molecule has 1 fully saturated rings. The summed E-state index contributed by atoms with van der Waals surface area (Å²) in [5.74, 6) is 0.622. The molecule has 1 N–H and O–H groups in total. The van der Waals surface area contributed by atoms with Gasteiger partial charge >= 0.3 is 0 Å². The van der Waals surface area contributed by atoms with E-state index in [1.165, 1.54) is 15.8 Å². The summed E-state index contributed by atoms with van der Waals surface area (Å²) in [5.41, 5.74) is 3.87. The van der Waals surface area contributed by atoms with E-state index in [2.05, 4.69) is 29.2 Å². The molecule has 0 aliphatic carbocycles. The Morgan fingerprint density at radius 1 is 0.969 bits per heavy atom. The van der Waals surface area contributed by atoms with Crippen LogP contribution >= 0.6 is 0 Å². The van der Waals surface area contributed by atoms with Gasteiger partial charge in [-0.2, -0.15) is 4.68 Å². The Bertz CT molecular complexity index is 1120. The molecule has 0 bridgehead atoms. The molecule has 166 valence electrons. The summed E-state index contributed by atoms with van der Waals surface area (Å²) in [6, 6.07) is 19.2. The molecule has 1 aromatic heterocycles. The molecule has 0 saturated carbocycles. The predicted molar refractivity (Wildman–Crippen MR) is 129 cm³/mol. The van der Waals surface area contributed by atoms with Crippen LogP contribution in [0.2, 0.25) is 0 Å². The van der Waals surface area contributed by atoms with Crippen LogP contribution in [0.4, 0.5) is 11.5 Å². The van der Waals surface area contributed by atoms with Crippen molar-refractivity contribution in [1.29, 1.82) is 0 Å². The maximum absolute atomic E-state index is 12.9. The smallest absolute Gasteiger partial charge is 0.271 e. The zero-order chi connectivity index (χ0) is 22.5. The number of anilines is 2. The van der Waals surface area contributed by atoms with Crippen molar-refractivity contribution in [2.24, 2.45) is 5.92 Å². The molecule has 3 aromatic rings. The Balaban J connectivity index is 1.48. The molecule has 1 aliphatic rings. The summed E-state index contributed by atoms with van der Waals surface area (Å²) in [7, 11) is 0. The van der Waals surface area contributed by atoms with Gasteiger partial charge in [0.1, 0.15) is 5.82 Å². The van der Waals surface area contributed by atoms with E-state index in [0.29, 0.717) is 12.4 Å². The van der Waals surface area contributed by atoms with Gasteiger partial charge in [-0.05, 0) is 67.1 Å². The highest BCUT2D eigenvalue weighted by Gasteiger charge is 2.27. The Kier molecular flexibility index (Phi) is 6.69. The highest BCUT2D eigenvalue weighted by Crippen LogP contribution is 2.23. The summed E-state index contributed by atoms with van der Waals surface area (Å²) in [5, 5.41) is 7.67. The molecule has 0 radical (unpaired) electrons. The third-order valence-electron chi connectivity index (χ3n) is 6.12. The van der Waals surface area contributed by atoms with Gasteiger partial charge in [-0.25, -0.2) is 0 Å². The van der Waals surface area contributed by atoms with Crippen molar-refractivity contribution in [3.8, 4) is 5.69 Å². The molecule has 6 nitrogen and oxygen atoms in total. The third-order valence-corrected chi connectivity index (χ3v) is 6.12. The van der Waals surface area contributed by atoms with Gasteiger partial charge in [0.05, 0.1) is 11.6 Å². The minimum atomic E-state index is -0.167. The zero-order valence-corrected chi connectivity index (χ0v) is 18.8. The number of rotatable bonds is 6. The summed E-state index contributed by atoms with van der Waals surface area (Å²) >= 11 is 0. The number of nitrogens with one attached hydrogen (secondary N) is 1. The number of carbonyl (C=O) groups excluding carboxylic acids is 1. The molecule has 2 aromatic carbocycles. The maximum atomic E-state index is 12.9. The number of piperidine rings is 1. The first kappa shape index (κ1) is 21.8. The Hall–Kier alpha value is -3.41. The van der Waals surface area contributed by atoms with Crippen LogP contribution in [0, 0.1) is 5.92 Å². The van der Waals surface area contributed by atoms with E-state index in [-0.39, 0.29) is 17.4 Å². The van der Waals surface area contributed by atoms with Crippen LogP contribution in [0.15, 0.2) is 65.5 Å². The summed E-state index contributed by atoms with van der Waals surface area (Å²) in [6.45, 7) is 5.61. The number of hydrogen-bond donors (Lipinski definition) is 1. The number of aromatic nitrogens is 2. The summed E-state index contributed by atoms with van der Waals surface area (Å²) in [4.78, 5) is 27.4. The molecular formula is C26H30N4O2. The number of benzene rings is 2. The fraction of sp³-hybridized carbons (Fsp3) is 0.346. The summed E-state index contributed by atoms with van der Waals surface area (Å²) in [6.07, 6.45) is 3.67. The van der Waals surface area contributed by atoms with Gasteiger partial charge in [0, 0.05) is 24.8 Å². The van der Waals surface area contributed by atoms with Crippen molar-refractivity contribution in [3.05, 3.63) is 82.1 Å². The van der Waals surface area contributed by atoms with Crippen molar-refractivity contribution >= 4 is 17.4 Å². The molecule has 2 heterocycles. The largest absolute Gasteiger partial charge is 0.354 e. The highest BCUT2D eigenvalue weighted by atomic mass is 16.2. The molecule has 0 unspecified atom stereocenters. The van der Waals surface area contributed by atoms with Crippen molar-refractivity contribution in [1.82, 2.24) is 9.78 Å². The van der Waals surface area contributed by atoms with E-state index in [1.807, 2.05) is 48.5 Å². The van der Waals surface area contributed by atoms with Crippen LogP contribution in [0.25, 0.3) is 5.69 Å². The molecule has 1 atom stereocenters. The van der Waals surface area contributed by atoms with Crippen LogP contribution < -0.4 is 15.8 Å². The van der Waals surface area contributed by atoms with Gasteiger partial charge in [0.15, 0.2) is 0 Å². The van der Waals surface area contributed by atoms with Crippen LogP contribution in [0.3, 0.4) is 0 Å². The fourth-order valence-corrected chi connectivity index (χ4v) is 4.10. The van der Waals surface area contributed by atoms with Gasteiger partial charge in [-0.15, -0.1) is 5.10 Å². The third kappa shape index (κ3) is 4.90. The maximum Gasteiger partial charge on any atom is 0.271 e. The molecule has 1 saturated heterocycles.